The van der Waals surface area contributed by atoms with Crippen molar-refractivity contribution in [1.82, 2.24) is 9.29 Å². The molecule has 1 atom stereocenters. The maximum Gasteiger partial charge on any atom is 0.259 e. The molecule has 1 aromatic heterocycles. The molecule has 0 unspecified atom stereocenters. The zero-order chi connectivity index (χ0) is 19.8. The summed E-state index contributed by atoms with van der Waals surface area (Å²) in [5.41, 5.74) is 3.84. The van der Waals surface area contributed by atoms with Gasteiger partial charge in [-0.3, -0.25) is 19.0 Å². The number of carbonyl (C=O) groups is 1. The van der Waals surface area contributed by atoms with Crippen molar-refractivity contribution >= 4 is 35.1 Å². The molecule has 0 radical (unpaired) electrons. The molecule has 4 rings (SSSR count). The van der Waals surface area contributed by atoms with E-state index in [9.17, 15) is 4.79 Å². The van der Waals surface area contributed by atoms with E-state index in [4.69, 9.17) is 11.6 Å². The van der Waals surface area contributed by atoms with Gasteiger partial charge < -0.3 is 0 Å². The maximum atomic E-state index is 13.0. The van der Waals surface area contributed by atoms with Crippen LogP contribution in [-0.2, 0) is 0 Å². The third kappa shape index (κ3) is 3.80. The van der Waals surface area contributed by atoms with Crippen molar-refractivity contribution in [3.05, 3.63) is 58.4 Å². The molecule has 0 bridgehead atoms. The van der Waals surface area contributed by atoms with Gasteiger partial charge in [-0.05, 0) is 61.1 Å². The molecule has 1 saturated heterocycles. The molecule has 28 heavy (non-hydrogen) atoms. The standard InChI is InChI=1S/C22H26ClN3OS/c1-14(2)28-25-8-6-16(7-9-25)17-10-19(13-24-12-17)26-15(3)21-11-18(23)4-5-20(21)22(26)27/h4-5,10-16H,6-9H2,1-3H3/t15-/m0/s1. The first-order valence-corrected chi connectivity index (χ1v) is 11.1. The Morgan fingerprint density at radius 3 is 2.64 bits per heavy atom. The Morgan fingerprint density at radius 1 is 1.18 bits per heavy atom. The average molecular weight is 416 g/mol. The Morgan fingerprint density at radius 2 is 1.93 bits per heavy atom. The van der Waals surface area contributed by atoms with Gasteiger partial charge in [0, 0.05) is 35.1 Å². The topological polar surface area (TPSA) is 36.4 Å². The molecular formula is C22H26ClN3OS. The van der Waals surface area contributed by atoms with Gasteiger partial charge in [0.2, 0.25) is 0 Å². The average Bonchev–Trinajstić information content (AvgIpc) is 2.92. The molecule has 2 aromatic rings. The van der Waals surface area contributed by atoms with Crippen molar-refractivity contribution in [2.45, 2.75) is 50.8 Å². The summed E-state index contributed by atoms with van der Waals surface area (Å²) in [7, 11) is 0. The number of amides is 1. The molecule has 1 aromatic carbocycles. The van der Waals surface area contributed by atoms with E-state index in [0.29, 0.717) is 16.2 Å². The molecule has 6 heteroatoms. The number of nitrogens with zero attached hydrogens (tertiary/aromatic N) is 3. The molecular weight excluding hydrogens is 390 g/mol. The Kier molecular flexibility index (Phi) is 5.68. The van der Waals surface area contributed by atoms with Crippen LogP contribution in [0.3, 0.4) is 0 Å². The minimum Gasteiger partial charge on any atom is -0.300 e. The van der Waals surface area contributed by atoms with Gasteiger partial charge in [-0.1, -0.05) is 37.4 Å². The number of aromatic nitrogens is 1. The number of benzene rings is 1. The van der Waals surface area contributed by atoms with E-state index in [1.807, 2.05) is 42.1 Å². The zero-order valence-electron chi connectivity index (χ0n) is 16.6. The summed E-state index contributed by atoms with van der Waals surface area (Å²) in [5, 5.41) is 1.29. The lowest BCUT2D eigenvalue weighted by atomic mass is 9.91. The molecule has 1 amide bonds. The van der Waals surface area contributed by atoms with Crippen molar-refractivity contribution in [2.75, 3.05) is 18.0 Å². The number of fused-ring (bicyclic) bond motifs is 1. The van der Waals surface area contributed by atoms with Crippen molar-refractivity contribution < 1.29 is 4.79 Å². The van der Waals surface area contributed by atoms with Crippen LogP contribution in [0.15, 0.2) is 36.7 Å². The van der Waals surface area contributed by atoms with Gasteiger partial charge in [-0.25, -0.2) is 0 Å². The van der Waals surface area contributed by atoms with Crippen molar-refractivity contribution in [3.63, 3.8) is 0 Å². The summed E-state index contributed by atoms with van der Waals surface area (Å²) in [4.78, 5) is 19.3. The van der Waals surface area contributed by atoms with Gasteiger partial charge in [0.1, 0.15) is 0 Å². The number of pyridine rings is 1. The van der Waals surface area contributed by atoms with Gasteiger partial charge in [0.25, 0.3) is 5.91 Å². The maximum absolute atomic E-state index is 13.0. The Bertz CT molecular complexity index is 880. The van der Waals surface area contributed by atoms with Gasteiger partial charge in [0.15, 0.2) is 0 Å². The molecule has 4 nitrogen and oxygen atoms in total. The number of rotatable bonds is 4. The Hall–Kier alpha value is -1.56. The second-order valence-corrected chi connectivity index (χ2v) is 10.0. The van der Waals surface area contributed by atoms with Crippen molar-refractivity contribution in [2.24, 2.45) is 0 Å². The lowest BCUT2D eigenvalue weighted by Gasteiger charge is -2.32. The second kappa shape index (κ2) is 8.05. The lowest BCUT2D eigenvalue weighted by Crippen LogP contribution is -2.29. The van der Waals surface area contributed by atoms with Crippen LogP contribution < -0.4 is 4.90 Å². The van der Waals surface area contributed by atoms with E-state index in [2.05, 4.69) is 29.2 Å². The highest BCUT2D eigenvalue weighted by Gasteiger charge is 2.35. The first-order chi connectivity index (χ1) is 13.4. The minimum absolute atomic E-state index is 0.0290. The van der Waals surface area contributed by atoms with E-state index < -0.39 is 0 Å². The first-order valence-electron chi connectivity index (χ1n) is 9.93. The van der Waals surface area contributed by atoms with Crippen LogP contribution in [-0.4, -0.2) is 33.5 Å². The fourth-order valence-corrected chi connectivity index (χ4v) is 5.45. The first kappa shape index (κ1) is 19.7. The van der Waals surface area contributed by atoms with Crippen LogP contribution in [0.1, 0.15) is 67.1 Å². The minimum atomic E-state index is -0.0393. The number of piperidine rings is 1. The van der Waals surface area contributed by atoms with Gasteiger partial charge in [-0.15, -0.1) is 0 Å². The van der Waals surface area contributed by atoms with Crippen LogP contribution in [0, 0.1) is 0 Å². The Balaban J connectivity index is 1.53. The molecule has 3 heterocycles. The van der Waals surface area contributed by atoms with Crippen molar-refractivity contribution in [3.8, 4) is 0 Å². The molecule has 2 aliphatic rings. The fraction of sp³-hybridized carbons (Fsp3) is 0.455. The van der Waals surface area contributed by atoms with Crippen LogP contribution >= 0.6 is 23.5 Å². The fourth-order valence-electron chi connectivity index (χ4n) is 4.25. The van der Waals surface area contributed by atoms with Crippen molar-refractivity contribution in [1.29, 1.82) is 0 Å². The second-order valence-electron chi connectivity index (χ2n) is 7.92. The van der Waals surface area contributed by atoms with E-state index >= 15 is 0 Å². The molecule has 0 N–H and O–H groups in total. The van der Waals surface area contributed by atoms with Crippen LogP contribution in [0.5, 0.6) is 0 Å². The van der Waals surface area contributed by atoms with E-state index in [0.717, 1.165) is 42.7 Å². The predicted octanol–water partition coefficient (Wildman–Crippen LogP) is 5.69. The molecule has 0 saturated carbocycles. The zero-order valence-corrected chi connectivity index (χ0v) is 18.1. The molecule has 0 spiro atoms. The quantitative estimate of drug-likeness (QED) is 0.601. The molecule has 1 fully saturated rings. The molecule has 2 aliphatic heterocycles. The SMILES string of the molecule is CC(C)SN1CCC(c2cncc(N3C(=O)c4ccc(Cl)cc4[C@@H]3C)c2)CC1. The summed E-state index contributed by atoms with van der Waals surface area (Å²) in [6.45, 7) is 8.73. The summed E-state index contributed by atoms with van der Waals surface area (Å²) in [6, 6.07) is 7.63. The summed E-state index contributed by atoms with van der Waals surface area (Å²) in [6.07, 6.45) is 6.03. The smallest absolute Gasteiger partial charge is 0.259 e. The number of carbonyl (C=O) groups excluding carboxylic acids is 1. The van der Waals surface area contributed by atoms with E-state index in [1.165, 1.54) is 5.56 Å². The number of halogens is 1. The van der Waals surface area contributed by atoms with Crippen LogP contribution in [0.2, 0.25) is 5.02 Å². The monoisotopic (exact) mass is 415 g/mol. The highest BCUT2D eigenvalue weighted by Crippen LogP contribution is 2.39. The Labute approximate surface area is 176 Å². The number of hydrogen-bond acceptors (Lipinski definition) is 4. The highest BCUT2D eigenvalue weighted by atomic mass is 35.5. The third-order valence-electron chi connectivity index (χ3n) is 5.61. The normalized spacial score (nSPS) is 20.8. The van der Waals surface area contributed by atoms with Gasteiger partial charge in [0.05, 0.1) is 17.9 Å². The van der Waals surface area contributed by atoms with Crippen LogP contribution in [0.4, 0.5) is 5.69 Å². The summed E-state index contributed by atoms with van der Waals surface area (Å²) < 4.78 is 2.48. The van der Waals surface area contributed by atoms with Gasteiger partial charge in [-0.2, -0.15) is 0 Å². The molecule has 148 valence electrons. The number of hydrogen-bond donors (Lipinski definition) is 0. The predicted molar refractivity (Wildman–Crippen MR) is 117 cm³/mol. The van der Waals surface area contributed by atoms with E-state index in [-0.39, 0.29) is 11.9 Å². The van der Waals surface area contributed by atoms with Gasteiger partial charge >= 0.3 is 0 Å². The summed E-state index contributed by atoms with van der Waals surface area (Å²) >= 11 is 8.10. The number of anilines is 1. The van der Waals surface area contributed by atoms with Crippen LogP contribution in [0.25, 0.3) is 0 Å². The lowest BCUT2D eigenvalue weighted by molar-refractivity contribution is 0.0992. The summed E-state index contributed by atoms with van der Waals surface area (Å²) in [5.74, 6) is 0.530. The largest absolute Gasteiger partial charge is 0.300 e. The molecule has 0 aliphatic carbocycles. The third-order valence-corrected chi connectivity index (χ3v) is 6.93. The highest BCUT2D eigenvalue weighted by molar-refractivity contribution is 7.97. The van der Waals surface area contributed by atoms with E-state index in [1.54, 1.807) is 12.3 Å².